The van der Waals surface area contributed by atoms with Gasteiger partial charge in [-0.1, -0.05) is 6.07 Å². The number of hydrogen-bond acceptors (Lipinski definition) is 2. The van der Waals surface area contributed by atoms with E-state index >= 15 is 0 Å². The molecular weight excluding hydrogens is 154 g/mol. The molecule has 1 aromatic heterocycles. The van der Waals surface area contributed by atoms with Crippen molar-refractivity contribution in [3.8, 4) is 0 Å². The van der Waals surface area contributed by atoms with Gasteiger partial charge in [0.2, 0.25) is 0 Å². The van der Waals surface area contributed by atoms with E-state index in [-0.39, 0.29) is 5.69 Å². The number of aryl methyl sites for hydroxylation is 1. The highest BCUT2D eigenvalue weighted by molar-refractivity contribution is 5.75. The number of aromatic amines is 1. The summed E-state index contributed by atoms with van der Waals surface area (Å²) < 4.78 is 1.11. The van der Waals surface area contributed by atoms with Crippen LogP contribution in [0.2, 0.25) is 0 Å². The number of nitrogen functional groups attached to an aromatic ring is 1. The van der Waals surface area contributed by atoms with Crippen molar-refractivity contribution in [3.63, 3.8) is 0 Å². The number of hydrogen-bond donors (Lipinski definition) is 2. The van der Waals surface area contributed by atoms with Crippen LogP contribution in [0.15, 0.2) is 23.0 Å². The van der Waals surface area contributed by atoms with E-state index in [4.69, 9.17) is 5.84 Å². The maximum Gasteiger partial charge on any atom is 0.344 e. The van der Waals surface area contributed by atoms with E-state index in [1.165, 1.54) is 0 Å². The van der Waals surface area contributed by atoms with Crippen LogP contribution < -0.4 is 11.5 Å². The maximum atomic E-state index is 11.0. The van der Waals surface area contributed by atoms with Crippen molar-refractivity contribution >= 4 is 11.0 Å². The SMILES string of the molecule is Cc1ccc2c(c1)[nH]c(=O)n2N. The lowest BCUT2D eigenvalue weighted by molar-refractivity contribution is 0.967. The third-order valence-corrected chi connectivity index (χ3v) is 1.87. The number of H-pyrrole nitrogens is 1. The third kappa shape index (κ3) is 0.812. The summed E-state index contributed by atoms with van der Waals surface area (Å²) in [5, 5.41) is 0. The van der Waals surface area contributed by atoms with Crippen LogP contribution in [-0.2, 0) is 0 Å². The minimum absolute atomic E-state index is 0.282. The summed E-state index contributed by atoms with van der Waals surface area (Å²) in [5.74, 6) is 5.46. The minimum atomic E-state index is -0.282. The predicted octanol–water partition coefficient (Wildman–Crippen LogP) is 0.352. The number of benzene rings is 1. The van der Waals surface area contributed by atoms with E-state index in [0.29, 0.717) is 0 Å². The Morgan fingerprint density at radius 3 is 3.00 bits per heavy atom. The van der Waals surface area contributed by atoms with Crippen LogP contribution in [0.4, 0.5) is 0 Å². The lowest BCUT2D eigenvalue weighted by Gasteiger charge is -1.93. The molecule has 0 saturated heterocycles. The monoisotopic (exact) mass is 163 g/mol. The van der Waals surface area contributed by atoms with Crippen molar-refractivity contribution in [1.29, 1.82) is 0 Å². The highest BCUT2D eigenvalue weighted by Gasteiger charge is 2.01. The molecule has 0 fully saturated rings. The molecule has 3 N–H and O–H groups in total. The highest BCUT2D eigenvalue weighted by Crippen LogP contribution is 2.09. The molecule has 0 amide bonds. The van der Waals surface area contributed by atoms with Crippen molar-refractivity contribution in [1.82, 2.24) is 9.66 Å². The first kappa shape index (κ1) is 6.97. The molecule has 0 spiro atoms. The molecule has 4 heteroatoms. The van der Waals surface area contributed by atoms with Gasteiger partial charge in [-0.3, -0.25) is 0 Å². The van der Waals surface area contributed by atoms with Gasteiger partial charge < -0.3 is 10.8 Å². The van der Waals surface area contributed by atoms with Crippen molar-refractivity contribution in [2.75, 3.05) is 5.84 Å². The van der Waals surface area contributed by atoms with Crippen molar-refractivity contribution < 1.29 is 0 Å². The standard InChI is InChI=1S/C8H9N3O/c1-5-2-3-7-6(4-5)10-8(12)11(7)9/h2-4H,9H2,1H3,(H,10,12). The summed E-state index contributed by atoms with van der Waals surface area (Å²) in [6.07, 6.45) is 0. The topological polar surface area (TPSA) is 63.8 Å². The maximum absolute atomic E-state index is 11.0. The number of nitrogens with one attached hydrogen (secondary N) is 1. The molecule has 2 aromatic rings. The van der Waals surface area contributed by atoms with E-state index in [0.717, 1.165) is 21.3 Å². The van der Waals surface area contributed by atoms with Gasteiger partial charge in [0.05, 0.1) is 11.0 Å². The van der Waals surface area contributed by atoms with E-state index in [9.17, 15) is 4.79 Å². The molecule has 0 aliphatic heterocycles. The third-order valence-electron chi connectivity index (χ3n) is 1.87. The summed E-state index contributed by atoms with van der Waals surface area (Å²) in [7, 11) is 0. The van der Waals surface area contributed by atoms with Crippen LogP contribution in [0.5, 0.6) is 0 Å². The number of aromatic nitrogens is 2. The van der Waals surface area contributed by atoms with Gasteiger partial charge in [-0.25, -0.2) is 9.47 Å². The van der Waals surface area contributed by atoms with Gasteiger partial charge in [0.1, 0.15) is 0 Å². The number of rotatable bonds is 0. The van der Waals surface area contributed by atoms with E-state index in [1.807, 2.05) is 25.1 Å². The fourth-order valence-electron chi connectivity index (χ4n) is 1.24. The second kappa shape index (κ2) is 2.14. The van der Waals surface area contributed by atoms with Crippen molar-refractivity contribution in [3.05, 3.63) is 34.2 Å². The fourth-order valence-corrected chi connectivity index (χ4v) is 1.24. The zero-order valence-electron chi connectivity index (χ0n) is 6.66. The Kier molecular flexibility index (Phi) is 1.24. The number of fused-ring (bicyclic) bond motifs is 1. The Morgan fingerprint density at radius 1 is 1.50 bits per heavy atom. The van der Waals surface area contributed by atoms with Gasteiger partial charge in [-0.2, -0.15) is 0 Å². The van der Waals surface area contributed by atoms with Crippen LogP contribution in [0.25, 0.3) is 11.0 Å². The lowest BCUT2D eigenvalue weighted by atomic mass is 10.2. The summed E-state index contributed by atoms with van der Waals surface area (Å²) in [6, 6.07) is 5.63. The molecule has 0 saturated carbocycles. The van der Waals surface area contributed by atoms with Gasteiger partial charge >= 0.3 is 5.69 Å². The molecular formula is C8H9N3O. The van der Waals surface area contributed by atoms with Gasteiger partial charge in [0.25, 0.3) is 0 Å². The Bertz CT molecular complexity index is 480. The molecule has 0 radical (unpaired) electrons. The molecule has 0 aliphatic carbocycles. The summed E-state index contributed by atoms with van der Waals surface area (Å²) in [4.78, 5) is 13.7. The summed E-state index contributed by atoms with van der Waals surface area (Å²) in [5.41, 5.74) is 2.33. The smallest absolute Gasteiger partial charge is 0.335 e. The molecule has 1 aromatic carbocycles. The molecule has 0 unspecified atom stereocenters. The van der Waals surface area contributed by atoms with Crippen LogP contribution in [0.1, 0.15) is 5.56 Å². The molecule has 1 heterocycles. The first-order chi connectivity index (χ1) is 5.68. The van der Waals surface area contributed by atoms with Gasteiger partial charge in [0.15, 0.2) is 0 Å². The first-order valence-corrected chi connectivity index (χ1v) is 3.65. The highest BCUT2D eigenvalue weighted by atomic mass is 16.1. The van der Waals surface area contributed by atoms with Gasteiger partial charge in [-0.05, 0) is 24.6 Å². The van der Waals surface area contributed by atoms with E-state index in [2.05, 4.69) is 4.98 Å². The van der Waals surface area contributed by atoms with Crippen LogP contribution in [-0.4, -0.2) is 9.66 Å². The second-order valence-electron chi connectivity index (χ2n) is 2.82. The number of nitrogens with two attached hydrogens (primary N) is 1. The Hall–Kier alpha value is -1.71. The minimum Gasteiger partial charge on any atom is -0.335 e. The molecule has 0 bridgehead atoms. The average molecular weight is 163 g/mol. The zero-order chi connectivity index (χ0) is 8.72. The normalized spacial score (nSPS) is 10.8. The van der Waals surface area contributed by atoms with Crippen LogP contribution >= 0.6 is 0 Å². The summed E-state index contributed by atoms with van der Waals surface area (Å²) in [6.45, 7) is 1.96. The second-order valence-corrected chi connectivity index (χ2v) is 2.82. The van der Waals surface area contributed by atoms with Gasteiger partial charge in [0, 0.05) is 0 Å². The molecule has 4 nitrogen and oxygen atoms in total. The zero-order valence-corrected chi connectivity index (χ0v) is 6.66. The Balaban J connectivity index is 2.96. The first-order valence-electron chi connectivity index (χ1n) is 3.65. The lowest BCUT2D eigenvalue weighted by Crippen LogP contribution is -2.23. The Morgan fingerprint density at radius 2 is 2.25 bits per heavy atom. The molecule has 62 valence electrons. The molecule has 12 heavy (non-hydrogen) atoms. The predicted molar refractivity (Wildman–Crippen MR) is 47.4 cm³/mol. The largest absolute Gasteiger partial charge is 0.344 e. The van der Waals surface area contributed by atoms with Gasteiger partial charge in [-0.15, -0.1) is 0 Å². The fraction of sp³-hybridized carbons (Fsp3) is 0.125. The average Bonchev–Trinajstić information content (AvgIpc) is 2.28. The molecule has 0 aliphatic rings. The number of nitrogens with zero attached hydrogens (tertiary/aromatic N) is 1. The van der Waals surface area contributed by atoms with E-state index in [1.54, 1.807) is 0 Å². The van der Waals surface area contributed by atoms with E-state index < -0.39 is 0 Å². The molecule has 0 atom stereocenters. The van der Waals surface area contributed by atoms with Crippen LogP contribution in [0.3, 0.4) is 0 Å². The van der Waals surface area contributed by atoms with Crippen molar-refractivity contribution in [2.24, 2.45) is 0 Å². The molecule has 2 rings (SSSR count). The quantitative estimate of drug-likeness (QED) is 0.550. The van der Waals surface area contributed by atoms with Crippen molar-refractivity contribution in [2.45, 2.75) is 6.92 Å². The number of imidazole rings is 1. The summed E-state index contributed by atoms with van der Waals surface area (Å²) >= 11 is 0. The Labute approximate surface area is 68.6 Å². The van der Waals surface area contributed by atoms with Crippen LogP contribution in [0, 0.1) is 6.92 Å².